The van der Waals surface area contributed by atoms with Gasteiger partial charge in [-0.1, -0.05) is 38.1 Å². The number of hydrogen-bond donors (Lipinski definition) is 3. The average Bonchev–Trinajstić information content (AvgIpc) is 2.96. The van der Waals surface area contributed by atoms with Gasteiger partial charge in [0, 0.05) is 12.7 Å². The van der Waals surface area contributed by atoms with E-state index in [0.29, 0.717) is 16.9 Å². The minimum atomic E-state index is -0.215. The maximum atomic E-state index is 12.2. The normalized spacial score (nSPS) is 10.8. The summed E-state index contributed by atoms with van der Waals surface area (Å²) in [5.74, 6) is 0.956. The van der Waals surface area contributed by atoms with E-state index in [1.165, 1.54) is 5.56 Å². The molecule has 0 fully saturated rings. The molecule has 0 aliphatic rings. The Morgan fingerprint density at radius 2 is 1.81 bits per heavy atom. The molecule has 0 atom stereocenters. The molecule has 1 aromatic heterocycles. The van der Waals surface area contributed by atoms with Crippen LogP contribution in [0.5, 0.6) is 0 Å². The number of anilines is 1. The summed E-state index contributed by atoms with van der Waals surface area (Å²) in [6.07, 6.45) is 0.157. The summed E-state index contributed by atoms with van der Waals surface area (Å²) in [4.78, 5) is 16.7. The lowest BCUT2D eigenvalue weighted by Gasteiger charge is -2.12. The summed E-state index contributed by atoms with van der Waals surface area (Å²) in [6.45, 7) is 4.30. The van der Waals surface area contributed by atoms with E-state index in [1.807, 2.05) is 48.0 Å². The molecule has 1 heterocycles. The summed E-state index contributed by atoms with van der Waals surface area (Å²) in [7, 11) is 1.90. The summed E-state index contributed by atoms with van der Waals surface area (Å²) in [5.41, 5.74) is 9.32. The number of fused-ring (bicyclic) bond motifs is 1. The predicted octanol–water partition coefficient (Wildman–Crippen LogP) is 3.26. The Bertz CT molecular complexity index is 962. The first-order chi connectivity index (χ1) is 12.9. The zero-order chi connectivity index (χ0) is 19.4. The number of aromatic nitrogens is 2. The van der Waals surface area contributed by atoms with E-state index < -0.39 is 0 Å². The number of nitrogens with one attached hydrogen (secondary N) is 3. The fourth-order valence-corrected chi connectivity index (χ4v) is 2.95. The van der Waals surface area contributed by atoms with Crippen LogP contribution in [0.4, 0.5) is 5.69 Å². The van der Waals surface area contributed by atoms with E-state index in [4.69, 9.17) is 12.2 Å². The van der Waals surface area contributed by atoms with Crippen molar-refractivity contribution in [3.63, 3.8) is 0 Å². The monoisotopic (exact) mass is 381 g/mol. The largest absolute Gasteiger partial charge is 0.331 e. The van der Waals surface area contributed by atoms with Gasteiger partial charge >= 0.3 is 0 Å². The van der Waals surface area contributed by atoms with Gasteiger partial charge in [0.2, 0.25) is 5.91 Å². The zero-order valence-corrected chi connectivity index (χ0v) is 16.4. The van der Waals surface area contributed by atoms with Gasteiger partial charge < -0.3 is 9.88 Å². The van der Waals surface area contributed by atoms with Crippen LogP contribution in [0.15, 0.2) is 48.5 Å². The van der Waals surface area contributed by atoms with Crippen LogP contribution in [0, 0.1) is 0 Å². The highest BCUT2D eigenvalue weighted by molar-refractivity contribution is 7.80. The molecule has 1 amide bonds. The predicted molar refractivity (Wildman–Crippen MR) is 112 cm³/mol. The van der Waals surface area contributed by atoms with Gasteiger partial charge in [-0.3, -0.25) is 15.6 Å². The van der Waals surface area contributed by atoms with Crippen molar-refractivity contribution >= 4 is 40.0 Å². The van der Waals surface area contributed by atoms with E-state index in [-0.39, 0.29) is 12.3 Å². The maximum Gasteiger partial charge on any atom is 0.245 e. The number of imidazole rings is 1. The number of para-hydroxylation sites is 2. The summed E-state index contributed by atoms with van der Waals surface area (Å²) in [6, 6.07) is 15.8. The third-order valence-corrected chi connectivity index (χ3v) is 4.55. The van der Waals surface area contributed by atoms with Gasteiger partial charge in [0.15, 0.2) is 5.11 Å². The molecular weight excluding hydrogens is 358 g/mol. The number of carbonyl (C=O) groups is 1. The smallest absolute Gasteiger partial charge is 0.245 e. The molecule has 0 aliphatic heterocycles. The van der Waals surface area contributed by atoms with Crippen LogP contribution in [-0.4, -0.2) is 20.6 Å². The number of aryl methyl sites for hydroxylation is 1. The number of carbonyl (C=O) groups excluding carboxylic acids is 1. The number of nitrogens with zero attached hydrogens (tertiary/aromatic N) is 2. The Morgan fingerprint density at radius 3 is 2.48 bits per heavy atom. The fraction of sp³-hybridized carbons (Fsp3) is 0.250. The first kappa shape index (κ1) is 18.8. The number of amides is 1. The van der Waals surface area contributed by atoms with Crippen molar-refractivity contribution in [3.8, 4) is 0 Å². The van der Waals surface area contributed by atoms with E-state index in [0.717, 1.165) is 16.7 Å². The van der Waals surface area contributed by atoms with E-state index in [2.05, 4.69) is 47.1 Å². The molecule has 3 rings (SSSR count). The van der Waals surface area contributed by atoms with Gasteiger partial charge in [-0.15, -0.1) is 0 Å². The molecule has 0 saturated heterocycles. The summed E-state index contributed by atoms with van der Waals surface area (Å²) in [5, 5.41) is 3.37. The molecule has 140 valence electrons. The van der Waals surface area contributed by atoms with Crippen molar-refractivity contribution in [3.05, 3.63) is 59.9 Å². The van der Waals surface area contributed by atoms with Crippen molar-refractivity contribution in [2.75, 3.05) is 5.32 Å². The van der Waals surface area contributed by atoms with Crippen molar-refractivity contribution in [2.24, 2.45) is 7.05 Å². The molecule has 0 aliphatic carbocycles. The molecule has 0 spiro atoms. The Labute approximate surface area is 164 Å². The number of rotatable bonds is 4. The van der Waals surface area contributed by atoms with Crippen molar-refractivity contribution < 1.29 is 4.79 Å². The maximum absolute atomic E-state index is 12.2. The highest BCUT2D eigenvalue weighted by Crippen LogP contribution is 2.17. The van der Waals surface area contributed by atoms with Gasteiger partial charge in [0.1, 0.15) is 5.82 Å². The van der Waals surface area contributed by atoms with Crippen molar-refractivity contribution in [1.82, 2.24) is 20.4 Å². The van der Waals surface area contributed by atoms with Crippen LogP contribution in [0.1, 0.15) is 31.2 Å². The number of hydrazine groups is 1. The van der Waals surface area contributed by atoms with E-state index in [9.17, 15) is 4.79 Å². The lowest BCUT2D eigenvalue weighted by atomic mass is 10.0. The Hall–Kier alpha value is -2.93. The van der Waals surface area contributed by atoms with Gasteiger partial charge in [-0.2, -0.15) is 0 Å². The molecule has 27 heavy (non-hydrogen) atoms. The van der Waals surface area contributed by atoms with Crippen LogP contribution in [0.3, 0.4) is 0 Å². The first-order valence-electron chi connectivity index (χ1n) is 8.80. The van der Waals surface area contributed by atoms with Crippen LogP contribution >= 0.6 is 12.2 Å². The topological polar surface area (TPSA) is 71.0 Å². The van der Waals surface area contributed by atoms with E-state index in [1.54, 1.807) is 0 Å². The number of benzene rings is 2. The van der Waals surface area contributed by atoms with Crippen LogP contribution in [-0.2, 0) is 18.3 Å². The van der Waals surface area contributed by atoms with Crippen LogP contribution < -0.4 is 16.2 Å². The lowest BCUT2D eigenvalue weighted by Crippen LogP contribution is -2.44. The zero-order valence-electron chi connectivity index (χ0n) is 15.6. The van der Waals surface area contributed by atoms with Crippen LogP contribution in [0.25, 0.3) is 11.0 Å². The Kier molecular flexibility index (Phi) is 5.71. The molecule has 2 aromatic carbocycles. The molecule has 7 heteroatoms. The average molecular weight is 382 g/mol. The highest BCUT2D eigenvalue weighted by Gasteiger charge is 2.11. The molecule has 0 unspecified atom stereocenters. The fourth-order valence-electron chi connectivity index (χ4n) is 2.78. The molecule has 0 bridgehead atoms. The standard InChI is InChI=1S/C20H23N5OS/c1-13(2)14-8-10-15(11-9-14)21-20(27)24-23-19(26)12-18-22-16-6-4-5-7-17(16)25(18)3/h4-11,13H,12H2,1-3H3,(H,23,26)(H2,21,24,27). The van der Waals surface area contributed by atoms with Gasteiger partial charge in [-0.25, -0.2) is 4.98 Å². The SMILES string of the molecule is CC(C)c1ccc(NC(=S)NNC(=O)Cc2nc3ccccc3n2C)cc1. The second-order valence-electron chi connectivity index (χ2n) is 6.66. The van der Waals surface area contributed by atoms with Crippen molar-refractivity contribution in [2.45, 2.75) is 26.2 Å². The summed E-state index contributed by atoms with van der Waals surface area (Å²) < 4.78 is 1.92. The van der Waals surface area contributed by atoms with Crippen molar-refractivity contribution in [1.29, 1.82) is 0 Å². The minimum Gasteiger partial charge on any atom is -0.331 e. The number of hydrogen-bond acceptors (Lipinski definition) is 3. The van der Waals surface area contributed by atoms with E-state index >= 15 is 0 Å². The van der Waals surface area contributed by atoms with Gasteiger partial charge in [0.25, 0.3) is 0 Å². The minimum absolute atomic E-state index is 0.157. The Morgan fingerprint density at radius 1 is 1.11 bits per heavy atom. The van der Waals surface area contributed by atoms with Crippen LogP contribution in [0.2, 0.25) is 0 Å². The second kappa shape index (κ2) is 8.18. The summed E-state index contributed by atoms with van der Waals surface area (Å²) >= 11 is 5.22. The molecule has 3 aromatic rings. The second-order valence-corrected chi connectivity index (χ2v) is 7.06. The first-order valence-corrected chi connectivity index (χ1v) is 9.21. The molecular formula is C20H23N5OS. The Balaban J connectivity index is 1.52. The molecule has 3 N–H and O–H groups in total. The third kappa shape index (κ3) is 4.62. The molecule has 6 nitrogen and oxygen atoms in total. The molecule has 0 saturated carbocycles. The number of thiocarbonyl (C=S) groups is 1. The van der Waals surface area contributed by atoms with Gasteiger partial charge in [-0.05, 0) is 48.0 Å². The highest BCUT2D eigenvalue weighted by atomic mass is 32.1. The quantitative estimate of drug-likeness (QED) is 0.478. The lowest BCUT2D eigenvalue weighted by molar-refractivity contribution is -0.121. The molecule has 0 radical (unpaired) electrons. The third-order valence-electron chi connectivity index (χ3n) is 4.35. The van der Waals surface area contributed by atoms with Gasteiger partial charge in [0.05, 0.1) is 17.5 Å².